The predicted octanol–water partition coefficient (Wildman–Crippen LogP) is 3.18. The second-order valence-electron chi connectivity index (χ2n) is 8.00. The number of hydrogen-bond donors (Lipinski definition) is 1. The normalized spacial score (nSPS) is 19.8. The van der Waals surface area contributed by atoms with Gasteiger partial charge in [0, 0.05) is 31.8 Å². The zero-order valence-corrected chi connectivity index (χ0v) is 15.2. The Hall–Kier alpha value is -0.810. The van der Waals surface area contributed by atoms with Gasteiger partial charge in [0.15, 0.2) is 0 Å². The van der Waals surface area contributed by atoms with Crippen molar-refractivity contribution in [2.24, 2.45) is 0 Å². The maximum atomic E-state index is 12.4. The van der Waals surface area contributed by atoms with Crippen molar-refractivity contribution in [2.45, 2.75) is 78.0 Å². The van der Waals surface area contributed by atoms with E-state index in [0.29, 0.717) is 12.6 Å². The molecule has 1 aliphatic rings. The lowest BCUT2D eigenvalue weighted by atomic mass is 10.1. The van der Waals surface area contributed by atoms with Gasteiger partial charge in [0.25, 0.3) is 0 Å². The van der Waals surface area contributed by atoms with E-state index in [1.165, 1.54) is 12.8 Å². The number of rotatable bonds is 5. The second kappa shape index (κ2) is 8.16. The third-order valence-corrected chi connectivity index (χ3v) is 3.58. The monoisotopic (exact) mass is 314 g/mol. The van der Waals surface area contributed by atoms with Gasteiger partial charge >= 0.3 is 6.09 Å². The summed E-state index contributed by atoms with van der Waals surface area (Å²) in [5.41, 5.74) is -0.727. The molecule has 1 aliphatic heterocycles. The van der Waals surface area contributed by atoms with E-state index >= 15 is 0 Å². The summed E-state index contributed by atoms with van der Waals surface area (Å²) in [6.07, 6.45) is 3.61. The number of nitrogens with zero attached hydrogens (tertiary/aromatic N) is 1. The van der Waals surface area contributed by atoms with Gasteiger partial charge in [-0.25, -0.2) is 4.79 Å². The molecule has 1 rings (SSSR count). The lowest BCUT2D eigenvalue weighted by molar-refractivity contribution is 0.00455. The molecule has 1 amide bonds. The van der Waals surface area contributed by atoms with Gasteiger partial charge in [-0.15, -0.1) is 0 Å². The number of hydrogen-bond acceptors (Lipinski definition) is 4. The maximum Gasteiger partial charge on any atom is 0.410 e. The van der Waals surface area contributed by atoms with Crippen LogP contribution >= 0.6 is 0 Å². The summed E-state index contributed by atoms with van der Waals surface area (Å²) in [6, 6.07) is 0. The Morgan fingerprint density at radius 3 is 2.41 bits per heavy atom. The summed E-state index contributed by atoms with van der Waals surface area (Å²) in [7, 11) is 0. The smallest absolute Gasteiger partial charge is 0.410 e. The third-order valence-electron chi connectivity index (χ3n) is 3.58. The van der Waals surface area contributed by atoms with Crippen LogP contribution in [0.2, 0.25) is 0 Å². The average molecular weight is 314 g/mol. The van der Waals surface area contributed by atoms with E-state index in [0.717, 1.165) is 26.1 Å². The van der Waals surface area contributed by atoms with Gasteiger partial charge in [0.2, 0.25) is 0 Å². The van der Waals surface area contributed by atoms with Gasteiger partial charge in [-0.1, -0.05) is 0 Å². The molecule has 0 aliphatic carbocycles. The first-order valence-electron chi connectivity index (χ1n) is 8.42. The maximum absolute atomic E-state index is 12.4. The first kappa shape index (κ1) is 19.2. The van der Waals surface area contributed by atoms with Crippen molar-refractivity contribution in [3.05, 3.63) is 0 Å². The zero-order chi connectivity index (χ0) is 16.8. The standard InChI is InChI=1S/C17H34N2O3/c1-16(2,3)19(15(20)22-17(4,5)6)11-10-18-13-14-9-7-8-12-21-14/h14,18H,7-13H2,1-6H3. The fraction of sp³-hybridized carbons (Fsp3) is 0.941. The predicted molar refractivity (Wildman–Crippen MR) is 89.2 cm³/mol. The first-order valence-corrected chi connectivity index (χ1v) is 8.42. The van der Waals surface area contributed by atoms with Crippen LogP contribution in [0.3, 0.4) is 0 Å². The minimum Gasteiger partial charge on any atom is -0.444 e. The highest BCUT2D eigenvalue weighted by molar-refractivity contribution is 5.69. The molecule has 1 unspecified atom stereocenters. The fourth-order valence-corrected chi connectivity index (χ4v) is 2.44. The third kappa shape index (κ3) is 7.45. The van der Waals surface area contributed by atoms with Crippen molar-refractivity contribution in [1.82, 2.24) is 10.2 Å². The zero-order valence-electron chi connectivity index (χ0n) is 15.2. The topological polar surface area (TPSA) is 50.8 Å². The summed E-state index contributed by atoms with van der Waals surface area (Å²) in [5.74, 6) is 0. The largest absolute Gasteiger partial charge is 0.444 e. The molecule has 0 spiro atoms. The van der Waals surface area contributed by atoms with E-state index in [1.54, 1.807) is 4.90 Å². The molecule has 22 heavy (non-hydrogen) atoms. The van der Waals surface area contributed by atoms with Crippen LogP contribution in [0.15, 0.2) is 0 Å². The van der Waals surface area contributed by atoms with Crippen LogP contribution in [-0.4, -0.2) is 54.5 Å². The van der Waals surface area contributed by atoms with Crippen molar-refractivity contribution >= 4 is 6.09 Å². The number of ether oxygens (including phenoxy) is 2. The average Bonchev–Trinajstić information content (AvgIpc) is 2.36. The molecule has 0 aromatic heterocycles. The van der Waals surface area contributed by atoms with Crippen LogP contribution in [0.25, 0.3) is 0 Å². The molecule has 130 valence electrons. The van der Waals surface area contributed by atoms with Crippen LogP contribution in [0.5, 0.6) is 0 Å². The molecule has 1 atom stereocenters. The molecular weight excluding hydrogens is 280 g/mol. The SMILES string of the molecule is CC(C)(C)OC(=O)N(CCNCC1CCCCO1)C(C)(C)C. The molecule has 1 saturated heterocycles. The van der Waals surface area contributed by atoms with Crippen LogP contribution in [-0.2, 0) is 9.47 Å². The summed E-state index contributed by atoms with van der Waals surface area (Å²) in [6.45, 7) is 14.9. The second-order valence-corrected chi connectivity index (χ2v) is 8.00. The van der Waals surface area contributed by atoms with Gasteiger partial charge < -0.3 is 19.7 Å². The lowest BCUT2D eigenvalue weighted by Crippen LogP contribution is -2.50. The van der Waals surface area contributed by atoms with E-state index in [9.17, 15) is 4.79 Å². The van der Waals surface area contributed by atoms with E-state index < -0.39 is 5.60 Å². The van der Waals surface area contributed by atoms with Crippen LogP contribution in [0.4, 0.5) is 4.79 Å². The van der Waals surface area contributed by atoms with Gasteiger partial charge in [0.1, 0.15) is 5.60 Å². The summed E-state index contributed by atoms with van der Waals surface area (Å²) >= 11 is 0. The summed E-state index contributed by atoms with van der Waals surface area (Å²) in [4.78, 5) is 14.1. The minimum atomic E-state index is -0.468. The van der Waals surface area contributed by atoms with Gasteiger partial charge in [-0.2, -0.15) is 0 Å². The lowest BCUT2D eigenvalue weighted by Gasteiger charge is -2.37. The highest BCUT2D eigenvalue weighted by atomic mass is 16.6. The Morgan fingerprint density at radius 2 is 1.91 bits per heavy atom. The minimum absolute atomic E-state index is 0.254. The van der Waals surface area contributed by atoms with E-state index in [1.807, 2.05) is 41.5 Å². The number of carbonyl (C=O) groups is 1. The van der Waals surface area contributed by atoms with Gasteiger partial charge in [-0.05, 0) is 60.8 Å². The Bertz CT molecular complexity index is 339. The van der Waals surface area contributed by atoms with Gasteiger partial charge in [0.05, 0.1) is 6.10 Å². The Kier molecular flexibility index (Phi) is 7.13. The Labute approximate surface area is 135 Å². The van der Waals surface area contributed by atoms with Crippen LogP contribution < -0.4 is 5.32 Å². The molecule has 0 bridgehead atoms. The number of carbonyl (C=O) groups excluding carboxylic acids is 1. The van der Waals surface area contributed by atoms with Crippen LogP contribution in [0.1, 0.15) is 60.8 Å². The van der Waals surface area contributed by atoms with Crippen LogP contribution in [0, 0.1) is 0 Å². The molecule has 1 N–H and O–H groups in total. The Morgan fingerprint density at radius 1 is 1.23 bits per heavy atom. The quantitative estimate of drug-likeness (QED) is 0.792. The van der Waals surface area contributed by atoms with E-state index in [2.05, 4.69) is 5.32 Å². The molecule has 0 saturated carbocycles. The van der Waals surface area contributed by atoms with Gasteiger partial charge in [-0.3, -0.25) is 0 Å². The molecule has 1 fully saturated rings. The van der Waals surface area contributed by atoms with Crippen molar-refractivity contribution in [2.75, 3.05) is 26.2 Å². The number of nitrogens with one attached hydrogen (secondary N) is 1. The Balaban J connectivity index is 2.40. The van der Waals surface area contributed by atoms with Crippen molar-refractivity contribution in [3.63, 3.8) is 0 Å². The molecule has 0 radical (unpaired) electrons. The summed E-state index contributed by atoms with van der Waals surface area (Å²) < 4.78 is 11.2. The molecular formula is C17H34N2O3. The molecule has 1 heterocycles. The van der Waals surface area contributed by atoms with Crippen molar-refractivity contribution < 1.29 is 14.3 Å². The van der Waals surface area contributed by atoms with Crippen molar-refractivity contribution in [3.8, 4) is 0 Å². The van der Waals surface area contributed by atoms with Crippen molar-refractivity contribution in [1.29, 1.82) is 0 Å². The number of amides is 1. The molecule has 0 aromatic rings. The molecule has 0 aromatic carbocycles. The molecule has 5 heteroatoms. The molecule has 5 nitrogen and oxygen atoms in total. The van der Waals surface area contributed by atoms with E-state index in [-0.39, 0.29) is 11.6 Å². The highest BCUT2D eigenvalue weighted by Gasteiger charge is 2.30. The fourth-order valence-electron chi connectivity index (χ4n) is 2.44. The highest BCUT2D eigenvalue weighted by Crippen LogP contribution is 2.18. The first-order chi connectivity index (χ1) is 10.1. The van der Waals surface area contributed by atoms with E-state index in [4.69, 9.17) is 9.47 Å². The summed E-state index contributed by atoms with van der Waals surface area (Å²) in [5, 5.41) is 3.40.